The highest BCUT2D eigenvalue weighted by molar-refractivity contribution is 7.91. The zero-order chi connectivity index (χ0) is 21.9. The third-order valence-corrected chi connectivity index (χ3v) is 6.20. The quantitative estimate of drug-likeness (QED) is 0.684. The van der Waals surface area contributed by atoms with Gasteiger partial charge in [-0.25, -0.2) is 22.4 Å². The molecule has 2 N–H and O–H groups in total. The molecule has 1 aliphatic rings. The Morgan fingerprint density at radius 2 is 1.87 bits per heavy atom. The number of esters is 1. The molecule has 2 amide bonds. The molecule has 1 aliphatic heterocycles. The zero-order valence-electron chi connectivity index (χ0n) is 16.4. The number of hydrogen-bond acceptors (Lipinski definition) is 5. The number of aryl methyl sites for hydroxylation is 1. The minimum atomic E-state index is -3.88. The summed E-state index contributed by atoms with van der Waals surface area (Å²) in [5, 5.41) is 4.96. The molecule has 30 heavy (non-hydrogen) atoms. The molecular weight excluding hydrogens is 411 g/mol. The lowest BCUT2D eigenvalue weighted by molar-refractivity contribution is -0.139. The second-order valence-electron chi connectivity index (χ2n) is 6.77. The van der Waals surface area contributed by atoms with Gasteiger partial charge < -0.3 is 15.4 Å². The SMILES string of the molecule is CCOC(=O)C1=C(CS(=O)(=O)c2ccc(C)cc2)NC(=O)NC1c1cccc(F)c1. The maximum absolute atomic E-state index is 13.8. The topological polar surface area (TPSA) is 102 Å². The second-order valence-corrected chi connectivity index (χ2v) is 8.76. The van der Waals surface area contributed by atoms with Crippen molar-refractivity contribution in [2.75, 3.05) is 12.4 Å². The highest BCUT2D eigenvalue weighted by Gasteiger charge is 2.35. The smallest absolute Gasteiger partial charge is 0.338 e. The number of nitrogens with one attached hydrogen (secondary N) is 2. The first-order chi connectivity index (χ1) is 14.2. The van der Waals surface area contributed by atoms with E-state index in [1.807, 2.05) is 6.92 Å². The predicted molar refractivity (Wildman–Crippen MR) is 108 cm³/mol. The molecule has 0 saturated heterocycles. The van der Waals surface area contributed by atoms with Crippen molar-refractivity contribution in [3.63, 3.8) is 0 Å². The minimum Gasteiger partial charge on any atom is -0.463 e. The van der Waals surface area contributed by atoms with Gasteiger partial charge in [0.1, 0.15) is 5.82 Å². The summed E-state index contributed by atoms with van der Waals surface area (Å²) in [5.74, 6) is -1.98. The number of rotatable bonds is 6. The van der Waals surface area contributed by atoms with Crippen LogP contribution in [0.5, 0.6) is 0 Å². The summed E-state index contributed by atoms with van der Waals surface area (Å²) < 4.78 is 44.7. The van der Waals surface area contributed by atoms with E-state index in [-0.39, 0.29) is 28.3 Å². The van der Waals surface area contributed by atoms with Gasteiger partial charge in [-0.15, -0.1) is 0 Å². The molecule has 3 rings (SSSR count). The van der Waals surface area contributed by atoms with Gasteiger partial charge in [0.2, 0.25) is 0 Å². The van der Waals surface area contributed by atoms with Crippen molar-refractivity contribution in [1.29, 1.82) is 0 Å². The summed E-state index contributed by atoms with van der Waals surface area (Å²) in [6, 6.07) is 9.83. The molecule has 0 bridgehead atoms. The summed E-state index contributed by atoms with van der Waals surface area (Å²) in [6.45, 7) is 3.48. The van der Waals surface area contributed by atoms with Gasteiger partial charge in [-0.1, -0.05) is 29.8 Å². The Balaban J connectivity index is 2.10. The molecule has 0 aliphatic carbocycles. The number of benzene rings is 2. The highest BCUT2D eigenvalue weighted by atomic mass is 32.2. The Morgan fingerprint density at radius 1 is 1.17 bits per heavy atom. The Labute approximate surface area is 173 Å². The van der Waals surface area contributed by atoms with Crippen molar-refractivity contribution in [2.24, 2.45) is 0 Å². The van der Waals surface area contributed by atoms with Crippen LogP contribution in [0.15, 0.2) is 64.7 Å². The van der Waals surface area contributed by atoms with Crippen LogP contribution in [0.2, 0.25) is 0 Å². The average Bonchev–Trinajstić information content (AvgIpc) is 2.67. The number of sulfone groups is 1. The van der Waals surface area contributed by atoms with Gasteiger partial charge in [0.15, 0.2) is 9.84 Å². The van der Waals surface area contributed by atoms with Gasteiger partial charge >= 0.3 is 12.0 Å². The first kappa shape index (κ1) is 21.5. The first-order valence-corrected chi connectivity index (χ1v) is 10.9. The summed E-state index contributed by atoms with van der Waals surface area (Å²) in [5.41, 5.74) is 0.990. The van der Waals surface area contributed by atoms with Crippen molar-refractivity contribution < 1.29 is 27.1 Å². The Hall–Kier alpha value is -3.20. The van der Waals surface area contributed by atoms with E-state index in [9.17, 15) is 22.4 Å². The fraction of sp³-hybridized carbons (Fsp3) is 0.238. The number of carbonyl (C=O) groups excluding carboxylic acids is 2. The fourth-order valence-corrected chi connectivity index (χ4v) is 4.46. The van der Waals surface area contributed by atoms with Crippen LogP contribution in [0.3, 0.4) is 0 Å². The Morgan fingerprint density at radius 3 is 2.50 bits per heavy atom. The summed E-state index contributed by atoms with van der Waals surface area (Å²) in [7, 11) is -3.88. The third kappa shape index (κ3) is 4.68. The zero-order valence-corrected chi connectivity index (χ0v) is 17.3. The Bertz CT molecular complexity index is 1110. The lowest BCUT2D eigenvalue weighted by Gasteiger charge is -2.29. The summed E-state index contributed by atoms with van der Waals surface area (Å²) in [4.78, 5) is 25.0. The van der Waals surface area contributed by atoms with E-state index in [0.717, 1.165) is 5.56 Å². The highest BCUT2D eigenvalue weighted by Crippen LogP contribution is 2.29. The molecule has 0 radical (unpaired) electrons. The van der Waals surface area contributed by atoms with Gasteiger partial charge in [-0.2, -0.15) is 0 Å². The number of ether oxygens (including phenoxy) is 1. The third-order valence-electron chi connectivity index (χ3n) is 4.55. The number of amides is 2. The molecule has 158 valence electrons. The largest absolute Gasteiger partial charge is 0.463 e. The number of urea groups is 1. The van der Waals surface area contributed by atoms with Crippen LogP contribution >= 0.6 is 0 Å². The van der Waals surface area contributed by atoms with Gasteiger partial charge in [0.25, 0.3) is 0 Å². The molecule has 0 fully saturated rings. The van der Waals surface area contributed by atoms with Crippen LogP contribution in [0, 0.1) is 12.7 Å². The molecule has 0 spiro atoms. The van der Waals surface area contributed by atoms with Gasteiger partial charge in [0, 0.05) is 5.70 Å². The van der Waals surface area contributed by atoms with Crippen molar-refractivity contribution in [2.45, 2.75) is 24.8 Å². The van der Waals surface area contributed by atoms with Gasteiger partial charge in [-0.3, -0.25) is 0 Å². The second kappa shape index (κ2) is 8.66. The van der Waals surface area contributed by atoms with Gasteiger partial charge in [-0.05, 0) is 43.7 Å². The lowest BCUT2D eigenvalue weighted by atomic mass is 9.95. The minimum absolute atomic E-state index is 0.0458. The molecule has 0 aromatic heterocycles. The van der Waals surface area contributed by atoms with E-state index in [0.29, 0.717) is 0 Å². The maximum atomic E-state index is 13.8. The lowest BCUT2D eigenvalue weighted by Crippen LogP contribution is -2.47. The van der Waals surface area contributed by atoms with Crippen LogP contribution in [0.4, 0.5) is 9.18 Å². The molecule has 1 unspecified atom stereocenters. The first-order valence-electron chi connectivity index (χ1n) is 9.24. The van der Waals surface area contributed by atoms with Crippen molar-refractivity contribution in [3.05, 3.63) is 76.7 Å². The van der Waals surface area contributed by atoms with E-state index in [4.69, 9.17) is 4.74 Å². The molecular formula is C21H21FN2O5S. The van der Waals surface area contributed by atoms with Crippen LogP contribution in [0.1, 0.15) is 24.1 Å². The van der Waals surface area contributed by atoms with Crippen molar-refractivity contribution in [1.82, 2.24) is 10.6 Å². The van der Waals surface area contributed by atoms with E-state index < -0.39 is 39.4 Å². The number of hydrogen-bond donors (Lipinski definition) is 2. The predicted octanol–water partition coefficient (Wildman–Crippen LogP) is 2.78. The van der Waals surface area contributed by atoms with Crippen LogP contribution in [-0.2, 0) is 19.4 Å². The van der Waals surface area contributed by atoms with Crippen LogP contribution in [-0.4, -0.2) is 32.8 Å². The number of halogens is 1. The molecule has 0 saturated carbocycles. The molecule has 1 heterocycles. The number of carbonyl (C=O) groups is 2. The maximum Gasteiger partial charge on any atom is 0.338 e. The van der Waals surface area contributed by atoms with Crippen LogP contribution < -0.4 is 10.6 Å². The molecule has 7 nitrogen and oxygen atoms in total. The monoisotopic (exact) mass is 432 g/mol. The van der Waals surface area contributed by atoms with Crippen LogP contribution in [0.25, 0.3) is 0 Å². The van der Waals surface area contributed by atoms with E-state index in [1.54, 1.807) is 19.1 Å². The van der Waals surface area contributed by atoms with E-state index in [2.05, 4.69) is 10.6 Å². The molecule has 2 aromatic carbocycles. The average molecular weight is 432 g/mol. The normalized spacial score (nSPS) is 16.6. The van der Waals surface area contributed by atoms with E-state index >= 15 is 0 Å². The van der Waals surface area contributed by atoms with E-state index in [1.165, 1.54) is 36.4 Å². The standard InChI is InChI=1S/C21H21FN2O5S/c1-3-29-20(25)18-17(12-30(27,28)16-9-7-13(2)8-10-16)23-21(26)24-19(18)14-5-4-6-15(22)11-14/h4-11,19H,3,12H2,1-2H3,(H2,23,24,26). The van der Waals surface area contributed by atoms with Crippen molar-refractivity contribution in [3.8, 4) is 0 Å². The summed E-state index contributed by atoms with van der Waals surface area (Å²) >= 11 is 0. The Kier molecular flexibility index (Phi) is 6.21. The summed E-state index contributed by atoms with van der Waals surface area (Å²) in [6.07, 6.45) is 0. The molecule has 2 aromatic rings. The van der Waals surface area contributed by atoms with Crippen molar-refractivity contribution >= 4 is 21.8 Å². The fourth-order valence-electron chi connectivity index (χ4n) is 3.14. The molecule has 1 atom stereocenters. The molecule has 9 heteroatoms. The van der Waals surface area contributed by atoms with Gasteiger partial charge in [0.05, 0.1) is 28.9 Å².